The summed E-state index contributed by atoms with van der Waals surface area (Å²) in [5.41, 5.74) is 4.18. The summed E-state index contributed by atoms with van der Waals surface area (Å²) in [7, 11) is 0. The Morgan fingerprint density at radius 2 is 1.82 bits per heavy atom. The van der Waals surface area contributed by atoms with Crippen LogP contribution in [0.5, 0.6) is 0 Å². The van der Waals surface area contributed by atoms with Gasteiger partial charge < -0.3 is 19.7 Å². The van der Waals surface area contributed by atoms with Crippen molar-refractivity contribution in [1.29, 1.82) is 0 Å². The van der Waals surface area contributed by atoms with Crippen LogP contribution in [0.1, 0.15) is 10.4 Å². The van der Waals surface area contributed by atoms with Crippen LogP contribution in [-0.4, -0.2) is 78.3 Å². The third kappa shape index (κ3) is 4.64. The van der Waals surface area contributed by atoms with Gasteiger partial charge in [0.2, 0.25) is 0 Å². The summed E-state index contributed by atoms with van der Waals surface area (Å²) in [4.78, 5) is 20.7. The Bertz CT molecular complexity index is 1260. The maximum atomic E-state index is 13.2. The number of aromatic nitrogens is 1. The molecule has 5 rings (SSSR count). The fraction of sp³-hybridized carbons (Fsp3) is 0.296. The number of aliphatic hydroxyl groups excluding tert-OH is 1. The number of carbonyl (C=O) groups is 1. The molecule has 0 aliphatic carbocycles. The molecule has 0 spiro atoms. The van der Waals surface area contributed by atoms with Crippen LogP contribution >= 0.6 is 0 Å². The summed E-state index contributed by atoms with van der Waals surface area (Å²) >= 11 is 0. The van der Waals surface area contributed by atoms with Crippen molar-refractivity contribution in [3.05, 3.63) is 72.4 Å². The Balaban J connectivity index is 1.30. The van der Waals surface area contributed by atoms with Gasteiger partial charge in [-0.1, -0.05) is 36.4 Å². The van der Waals surface area contributed by atoms with Crippen LogP contribution in [0.3, 0.4) is 0 Å². The molecule has 2 N–H and O–H groups in total. The van der Waals surface area contributed by atoms with Crippen molar-refractivity contribution >= 4 is 27.6 Å². The minimum absolute atomic E-state index is 0.0531. The molecule has 6 nitrogen and oxygen atoms in total. The number of amides is 1. The normalized spacial score (nSPS) is 14.9. The predicted octanol–water partition coefficient (Wildman–Crippen LogP) is 3.75. The zero-order valence-electron chi connectivity index (χ0n) is 18.7. The van der Waals surface area contributed by atoms with E-state index in [1.54, 1.807) is 0 Å². The number of nitrogens with zero attached hydrogens (tertiary/aromatic N) is 2. The van der Waals surface area contributed by atoms with Crippen molar-refractivity contribution in [3.8, 4) is 11.1 Å². The van der Waals surface area contributed by atoms with Crippen LogP contribution in [0.25, 0.3) is 32.8 Å². The smallest absolute Gasteiger partial charge is 0.253 e. The van der Waals surface area contributed by atoms with Crippen LogP contribution in [0.2, 0.25) is 0 Å². The van der Waals surface area contributed by atoms with Gasteiger partial charge >= 0.3 is 0 Å². The lowest BCUT2D eigenvalue weighted by Crippen LogP contribution is -2.49. The molecule has 6 heteroatoms. The summed E-state index contributed by atoms with van der Waals surface area (Å²) in [5, 5.41) is 12.2. The number of rotatable bonds is 7. The monoisotopic (exact) mass is 443 g/mol. The molecule has 1 amide bonds. The Hall–Kier alpha value is -3.19. The van der Waals surface area contributed by atoms with Crippen molar-refractivity contribution < 1.29 is 14.6 Å². The number of fused-ring (bicyclic) bond motifs is 2. The van der Waals surface area contributed by atoms with Gasteiger partial charge in [0, 0.05) is 50.0 Å². The maximum absolute atomic E-state index is 13.2. The average Bonchev–Trinajstić information content (AvgIpc) is 3.34. The van der Waals surface area contributed by atoms with E-state index in [1.807, 2.05) is 23.2 Å². The Kier molecular flexibility index (Phi) is 6.39. The number of hydrogen-bond acceptors (Lipinski definition) is 4. The van der Waals surface area contributed by atoms with E-state index < -0.39 is 0 Å². The van der Waals surface area contributed by atoms with E-state index >= 15 is 0 Å². The number of aromatic amines is 1. The van der Waals surface area contributed by atoms with E-state index in [0.717, 1.165) is 47.1 Å². The zero-order valence-corrected chi connectivity index (χ0v) is 18.7. The third-order valence-corrected chi connectivity index (χ3v) is 6.44. The second kappa shape index (κ2) is 9.75. The number of benzene rings is 3. The maximum Gasteiger partial charge on any atom is 0.253 e. The van der Waals surface area contributed by atoms with Gasteiger partial charge in [0.05, 0.1) is 19.8 Å². The summed E-state index contributed by atoms with van der Waals surface area (Å²) in [6.45, 7) is 4.98. The average molecular weight is 444 g/mol. The molecule has 3 aromatic carbocycles. The lowest BCUT2D eigenvalue weighted by atomic mass is 9.96. The Labute approximate surface area is 193 Å². The predicted molar refractivity (Wildman–Crippen MR) is 131 cm³/mol. The Morgan fingerprint density at radius 3 is 2.67 bits per heavy atom. The van der Waals surface area contributed by atoms with Gasteiger partial charge in [0.25, 0.3) is 5.91 Å². The number of carbonyl (C=O) groups excluding carboxylic acids is 1. The molecule has 0 bridgehead atoms. The fourth-order valence-electron chi connectivity index (χ4n) is 4.60. The minimum atomic E-state index is 0.0531. The number of nitrogens with one attached hydrogen (secondary N) is 1. The summed E-state index contributed by atoms with van der Waals surface area (Å²) < 4.78 is 5.35. The van der Waals surface area contributed by atoms with Crippen LogP contribution in [0.4, 0.5) is 0 Å². The molecule has 0 unspecified atom stereocenters. The van der Waals surface area contributed by atoms with Gasteiger partial charge in [0.1, 0.15) is 0 Å². The molecule has 0 atom stereocenters. The SMILES string of the molecule is O=C(c1ccc2c(-c3ccc4cc[nH]c4c3)cccc2c1)N1CCN(CCOCCO)CC1. The van der Waals surface area contributed by atoms with Crippen molar-refractivity contribution in [1.82, 2.24) is 14.8 Å². The summed E-state index contributed by atoms with van der Waals surface area (Å²) in [6.07, 6.45) is 1.96. The Morgan fingerprint density at radius 1 is 0.939 bits per heavy atom. The molecular weight excluding hydrogens is 414 g/mol. The molecule has 1 aromatic heterocycles. The molecule has 0 radical (unpaired) electrons. The lowest BCUT2D eigenvalue weighted by molar-refractivity contribution is 0.0486. The molecule has 1 fully saturated rings. The highest BCUT2D eigenvalue weighted by molar-refractivity contribution is 6.03. The first-order valence-corrected chi connectivity index (χ1v) is 11.5. The van der Waals surface area contributed by atoms with E-state index in [4.69, 9.17) is 9.84 Å². The molecule has 2 heterocycles. The van der Waals surface area contributed by atoms with E-state index in [-0.39, 0.29) is 12.5 Å². The van der Waals surface area contributed by atoms with Gasteiger partial charge in [-0.25, -0.2) is 0 Å². The molecule has 1 aliphatic heterocycles. The van der Waals surface area contributed by atoms with Gasteiger partial charge in [0.15, 0.2) is 0 Å². The number of ether oxygens (including phenoxy) is 1. The molecule has 4 aromatic rings. The number of piperazine rings is 1. The topological polar surface area (TPSA) is 68.8 Å². The number of H-pyrrole nitrogens is 1. The molecule has 1 saturated heterocycles. The molecular formula is C27H29N3O3. The molecule has 0 saturated carbocycles. The van der Waals surface area contributed by atoms with E-state index in [1.165, 1.54) is 10.9 Å². The van der Waals surface area contributed by atoms with Crippen molar-refractivity contribution in [2.24, 2.45) is 0 Å². The van der Waals surface area contributed by atoms with Crippen LogP contribution in [0, 0.1) is 0 Å². The first-order valence-electron chi connectivity index (χ1n) is 11.5. The summed E-state index contributed by atoms with van der Waals surface area (Å²) in [6, 6.07) is 20.9. The highest BCUT2D eigenvalue weighted by Gasteiger charge is 2.22. The summed E-state index contributed by atoms with van der Waals surface area (Å²) in [5.74, 6) is 0.0892. The van der Waals surface area contributed by atoms with Gasteiger partial charge in [-0.15, -0.1) is 0 Å². The van der Waals surface area contributed by atoms with Gasteiger partial charge in [-0.2, -0.15) is 0 Å². The van der Waals surface area contributed by atoms with Crippen LogP contribution in [0.15, 0.2) is 66.9 Å². The van der Waals surface area contributed by atoms with Crippen LogP contribution in [-0.2, 0) is 4.74 Å². The van der Waals surface area contributed by atoms with Crippen LogP contribution < -0.4 is 0 Å². The standard InChI is InChI=1S/C27H29N3O3/c31-15-17-33-16-14-29-10-12-30(13-11-29)27(32)23-6-7-25-21(18-23)2-1-3-24(25)22-5-4-20-8-9-28-26(20)19-22/h1-9,18-19,28,31H,10-17H2. The highest BCUT2D eigenvalue weighted by atomic mass is 16.5. The van der Waals surface area contributed by atoms with Gasteiger partial charge in [-0.3, -0.25) is 9.69 Å². The van der Waals surface area contributed by atoms with E-state index in [2.05, 4.69) is 58.4 Å². The number of hydrogen-bond donors (Lipinski definition) is 2. The third-order valence-electron chi connectivity index (χ3n) is 6.44. The second-order valence-corrected chi connectivity index (χ2v) is 8.49. The largest absolute Gasteiger partial charge is 0.394 e. The first-order chi connectivity index (χ1) is 16.2. The first kappa shape index (κ1) is 21.6. The van der Waals surface area contributed by atoms with Crippen molar-refractivity contribution in [3.63, 3.8) is 0 Å². The minimum Gasteiger partial charge on any atom is -0.394 e. The van der Waals surface area contributed by atoms with E-state index in [9.17, 15) is 4.79 Å². The van der Waals surface area contributed by atoms with Gasteiger partial charge in [-0.05, 0) is 51.6 Å². The quantitative estimate of drug-likeness (QED) is 0.427. The number of aliphatic hydroxyl groups is 1. The van der Waals surface area contributed by atoms with Crippen molar-refractivity contribution in [2.75, 3.05) is 52.5 Å². The molecule has 170 valence electrons. The zero-order chi connectivity index (χ0) is 22.6. The van der Waals surface area contributed by atoms with E-state index in [0.29, 0.717) is 26.3 Å². The molecule has 33 heavy (non-hydrogen) atoms. The fourth-order valence-corrected chi connectivity index (χ4v) is 4.60. The second-order valence-electron chi connectivity index (χ2n) is 8.49. The van der Waals surface area contributed by atoms with Crippen molar-refractivity contribution in [2.45, 2.75) is 0 Å². The molecule has 1 aliphatic rings. The lowest BCUT2D eigenvalue weighted by Gasteiger charge is -2.34. The highest BCUT2D eigenvalue weighted by Crippen LogP contribution is 2.31.